The molecule has 1 amide bonds. The van der Waals surface area contributed by atoms with Crippen LogP contribution in [0.1, 0.15) is 22.3 Å². The zero-order valence-electron chi connectivity index (χ0n) is 11.2. The number of benzene rings is 2. The van der Waals surface area contributed by atoms with Gasteiger partial charge in [0.1, 0.15) is 0 Å². The van der Waals surface area contributed by atoms with E-state index in [2.05, 4.69) is 42.5 Å². The summed E-state index contributed by atoms with van der Waals surface area (Å²) < 4.78 is 1.71. The van der Waals surface area contributed by atoms with Gasteiger partial charge in [-0.1, -0.05) is 12.1 Å². The van der Waals surface area contributed by atoms with Gasteiger partial charge >= 0.3 is 0 Å². The molecule has 1 aliphatic heterocycles. The van der Waals surface area contributed by atoms with Crippen LogP contribution in [0.25, 0.3) is 0 Å². The van der Waals surface area contributed by atoms with Gasteiger partial charge in [0.2, 0.25) is 0 Å². The van der Waals surface area contributed by atoms with Crippen molar-refractivity contribution in [2.75, 3.05) is 17.2 Å². The van der Waals surface area contributed by atoms with E-state index in [0.717, 1.165) is 50.8 Å². The number of carbonyl (C=O) groups is 1. The number of para-hydroxylation sites is 1. The lowest BCUT2D eigenvalue weighted by Crippen LogP contribution is -2.19. The Bertz CT molecular complexity index is 680. The van der Waals surface area contributed by atoms with E-state index in [1.54, 1.807) is 0 Å². The molecule has 1 aliphatic rings. The molecule has 3 rings (SSSR count). The highest BCUT2D eigenvalue weighted by atomic mass is 79.9. The van der Waals surface area contributed by atoms with Crippen molar-refractivity contribution in [3.63, 3.8) is 0 Å². The van der Waals surface area contributed by atoms with Crippen molar-refractivity contribution in [2.45, 2.75) is 12.8 Å². The Balaban J connectivity index is 1.93. The van der Waals surface area contributed by atoms with Gasteiger partial charge in [0.25, 0.3) is 5.91 Å². The van der Waals surface area contributed by atoms with E-state index < -0.39 is 0 Å². The zero-order chi connectivity index (χ0) is 14.8. The summed E-state index contributed by atoms with van der Waals surface area (Å²) in [5, 5.41) is 6.33. The quantitative estimate of drug-likeness (QED) is 0.746. The van der Waals surface area contributed by atoms with Crippen LogP contribution in [0.5, 0.6) is 0 Å². The van der Waals surface area contributed by atoms with E-state index in [1.807, 2.05) is 36.4 Å². The average molecular weight is 410 g/mol. The molecule has 5 heteroatoms. The number of anilines is 2. The normalized spacial score (nSPS) is 13.2. The molecule has 0 aromatic heterocycles. The van der Waals surface area contributed by atoms with Crippen LogP contribution in [-0.4, -0.2) is 12.5 Å². The van der Waals surface area contributed by atoms with Crippen LogP contribution in [0.15, 0.2) is 45.3 Å². The molecule has 0 unspecified atom stereocenters. The van der Waals surface area contributed by atoms with Gasteiger partial charge in [0.05, 0.1) is 5.69 Å². The van der Waals surface area contributed by atoms with E-state index in [4.69, 9.17) is 0 Å². The molecule has 21 heavy (non-hydrogen) atoms. The summed E-state index contributed by atoms with van der Waals surface area (Å²) in [7, 11) is 0. The lowest BCUT2D eigenvalue weighted by Gasteiger charge is -2.20. The predicted octanol–water partition coefficient (Wildman–Crippen LogP) is 4.82. The van der Waals surface area contributed by atoms with Crippen LogP contribution < -0.4 is 10.6 Å². The molecule has 1 heterocycles. The molecule has 2 aromatic carbocycles. The number of carbonyl (C=O) groups excluding carboxylic acids is 1. The minimum absolute atomic E-state index is 0.0804. The van der Waals surface area contributed by atoms with Crippen molar-refractivity contribution in [2.24, 2.45) is 0 Å². The van der Waals surface area contributed by atoms with Gasteiger partial charge in [-0.3, -0.25) is 4.79 Å². The topological polar surface area (TPSA) is 41.1 Å². The van der Waals surface area contributed by atoms with Crippen molar-refractivity contribution < 1.29 is 4.79 Å². The number of rotatable bonds is 2. The first-order valence-corrected chi connectivity index (χ1v) is 8.36. The average Bonchev–Trinajstić information content (AvgIpc) is 2.50. The van der Waals surface area contributed by atoms with E-state index in [0.29, 0.717) is 0 Å². The molecule has 2 N–H and O–H groups in total. The van der Waals surface area contributed by atoms with Crippen molar-refractivity contribution >= 4 is 49.1 Å². The number of halogens is 2. The van der Waals surface area contributed by atoms with Crippen LogP contribution >= 0.6 is 31.9 Å². The SMILES string of the molecule is O=C(Nc1c(Br)cccc1Br)c1cccc2c1CCCN2. The van der Waals surface area contributed by atoms with Crippen LogP contribution in [-0.2, 0) is 6.42 Å². The van der Waals surface area contributed by atoms with E-state index in [1.165, 1.54) is 0 Å². The number of fused-ring (bicyclic) bond motifs is 1. The van der Waals surface area contributed by atoms with Crippen LogP contribution in [0, 0.1) is 0 Å². The predicted molar refractivity (Wildman–Crippen MR) is 93.0 cm³/mol. The summed E-state index contributed by atoms with van der Waals surface area (Å²) in [6.07, 6.45) is 1.99. The van der Waals surface area contributed by atoms with Gasteiger partial charge in [0, 0.05) is 26.7 Å². The molecule has 108 valence electrons. The van der Waals surface area contributed by atoms with Crippen molar-refractivity contribution in [3.05, 3.63) is 56.5 Å². The fourth-order valence-corrected chi connectivity index (χ4v) is 3.72. The highest BCUT2D eigenvalue weighted by Crippen LogP contribution is 2.32. The monoisotopic (exact) mass is 408 g/mol. The maximum atomic E-state index is 12.6. The molecular weight excluding hydrogens is 396 g/mol. The maximum Gasteiger partial charge on any atom is 0.256 e. The minimum Gasteiger partial charge on any atom is -0.385 e. The zero-order valence-corrected chi connectivity index (χ0v) is 14.4. The third-order valence-electron chi connectivity index (χ3n) is 3.54. The Morgan fingerprint density at radius 2 is 1.81 bits per heavy atom. The fourth-order valence-electron chi connectivity index (χ4n) is 2.52. The molecule has 0 fully saturated rings. The second-order valence-corrected chi connectivity index (χ2v) is 6.62. The van der Waals surface area contributed by atoms with Crippen molar-refractivity contribution in [1.29, 1.82) is 0 Å². The second kappa shape index (κ2) is 6.20. The summed E-state index contributed by atoms with van der Waals surface area (Å²) in [6.45, 7) is 0.966. The Kier molecular flexibility index (Phi) is 4.31. The van der Waals surface area contributed by atoms with E-state index in [9.17, 15) is 4.79 Å². The molecule has 3 nitrogen and oxygen atoms in total. The largest absolute Gasteiger partial charge is 0.385 e. The van der Waals surface area contributed by atoms with Crippen LogP contribution in [0.2, 0.25) is 0 Å². The molecule has 0 bridgehead atoms. The molecule has 0 saturated carbocycles. The van der Waals surface area contributed by atoms with E-state index in [-0.39, 0.29) is 5.91 Å². The summed E-state index contributed by atoms with van der Waals surface area (Å²) in [5.74, 6) is -0.0804. The molecule has 0 saturated heterocycles. The van der Waals surface area contributed by atoms with Crippen molar-refractivity contribution in [3.8, 4) is 0 Å². The lowest BCUT2D eigenvalue weighted by atomic mass is 9.97. The number of hydrogen-bond acceptors (Lipinski definition) is 2. The lowest BCUT2D eigenvalue weighted by molar-refractivity contribution is 0.102. The number of amides is 1. The van der Waals surface area contributed by atoms with Gasteiger partial charge in [-0.05, 0) is 74.5 Å². The summed E-state index contributed by atoms with van der Waals surface area (Å²) in [5.41, 5.74) is 3.66. The van der Waals surface area contributed by atoms with Gasteiger partial charge in [-0.25, -0.2) is 0 Å². The van der Waals surface area contributed by atoms with E-state index >= 15 is 0 Å². The van der Waals surface area contributed by atoms with Gasteiger partial charge in [-0.2, -0.15) is 0 Å². The molecular formula is C16H14Br2N2O. The van der Waals surface area contributed by atoms with Crippen LogP contribution in [0.3, 0.4) is 0 Å². The molecule has 0 spiro atoms. The smallest absolute Gasteiger partial charge is 0.256 e. The van der Waals surface area contributed by atoms with Gasteiger partial charge < -0.3 is 10.6 Å². The summed E-state index contributed by atoms with van der Waals surface area (Å²) >= 11 is 6.93. The second-order valence-electron chi connectivity index (χ2n) is 4.91. The molecule has 0 atom stereocenters. The molecule has 2 aromatic rings. The maximum absolute atomic E-state index is 12.6. The first-order valence-electron chi connectivity index (χ1n) is 6.78. The Hall–Kier alpha value is -1.33. The minimum atomic E-state index is -0.0804. The number of hydrogen-bond donors (Lipinski definition) is 2. The molecule has 0 aliphatic carbocycles. The Morgan fingerprint density at radius 1 is 1.10 bits per heavy atom. The third kappa shape index (κ3) is 2.99. The Labute approximate surface area is 140 Å². The van der Waals surface area contributed by atoms with Gasteiger partial charge in [-0.15, -0.1) is 0 Å². The highest BCUT2D eigenvalue weighted by molar-refractivity contribution is 9.11. The fraction of sp³-hybridized carbons (Fsp3) is 0.188. The summed E-state index contributed by atoms with van der Waals surface area (Å²) in [6, 6.07) is 11.6. The summed E-state index contributed by atoms with van der Waals surface area (Å²) in [4.78, 5) is 12.6. The van der Waals surface area contributed by atoms with Crippen molar-refractivity contribution in [1.82, 2.24) is 0 Å². The van der Waals surface area contributed by atoms with Crippen LogP contribution in [0.4, 0.5) is 11.4 Å². The molecule has 0 radical (unpaired) electrons. The standard InChI is InChI=1S/C16H14Br2N2O/c17-12-6-2-7-13(18)15(12)20-16(21)11-4-1-8-14-10(11)5-3-9-19-14/h1-2,4,6-8,19H,3,5,9H2,(H,20,21). The first kappa shape index (κ1) is 14.6. The number of nitrogens with one attached hydrogen (secondary N) is 2. The Morgan fingerprint density at radius 3 is 2.57 bits per heavy atom. The third-order valence-corrected chi connectivity index (χ3v) is 4.86. The first-order chi connectivity index (χ1) is 10.2. The highest BCUT2D eigenvalue weighted by Gasteiger charge is 2.18. The van der Waals surface area contributed by atoms with Gasteiger partial charge in [0.15, 0.2) is 0 Å².